The predicted molar refractivity (Wildman–Crippen MR) is 473 cm³/mol. The van der Waals surface area contributed by atoms with Crippen LogP contribution >= 0.6 is 11.6 Å². The number of aliphatic hydroxyl groups is 6. The van der Waals surface area contributed by atoms with E-state index < -0.39 is 248 Å². The topological polar surface area (TPSA) is 590 Å². The normalized spacial score (nSPS) is 29.5. The summed E-state index contributed by atoms with van der Waals surface area (Å²) in [7, 11) is -2.54. The number of carbonyl (C=O) groups excluding carboxylic acids is 8. The molecule has 6 aromatic carbocycles. The molecule has 132 heavy (non-hydrogen) atoms. The third-order valence-electron chi connectivity index (χ3n) is 26.1. The maximum absolute atomic E-state index is 16.7. The number of nitrogens with two attached hydrogens (primary N) is 2. The number of aromatic hydroxyl groups is 3. The second-order valence-corrected chi connectivity index (χ2v) is 38.6. The molecular formula is C92H117ClN12O26S. The van der Waals surface area contributed by atoms with Crippen molar-refractivity contribution in [1.29, 1.82) is 0 Å². The average Bonchev–Trinajstić information content (AvgIpc) is 0.749. The van der Waals surface area contributed by atoms with Crippen LogP contribution in [0.15, 0.2) is 102 Å². The molecule has 18 atom stereocenters. The number of hydrogen-bond donors (Lipinski definition) is 21. The number of halogens is 1. The van der Waals surface area contributed by atoms with Crippen molar-refractivity contribution in [1.82, 2.24) is 52.6 Å². The van der Waals surface area contributed by atoms with Crippen LogP contribution in [0.3, 0.4) is 0 Å². The third-order valence-corrected chi connectivity index (χ3v) is 27.9. The highest BCUT2D eigenvalue weighted by Gasteiger charge is 2.54. The van der Waals surface area contributed by atoms with Crippen molar-refractivity contribution in [3.8, 4) is 62.9 Å². The zero-order valence-electron chi connectivity index (χ0n) is 73.9. The van der Waals surface area contributed by atoms with Crippen LogP contribution in [0, 0.1) is 36.5 Å². The van der Waals surface area contributed by atoms with E-state index in [1.54, 1.807) is 12.1 Å². The van der Waals surface area contributed by atoms with E-state index in [2.05, 4.69) is 59.5 Å². The van der Waals surface area contributed by atoms with Crippen molar-refractivity contribution in [3.05, 3.63) is 141 Å². The van der Waals surface area contributed by atoms with Crippen molar-refractivity contribution >= 4 is 68.9 Å². The molecule has 0 unspecified atom stereocenters. The van der Waals surface area contributed by atoms with Crippen molar-refractivity contribution in [2.45, 2.75) is 245 Å². The number of sulfonamides is 1. The van der Waals surface area contributed by atoms with Gasteiger partial charge < -0.3 is 138 Å². The number of carbonyl (C=O) groups is 8. The standard InChI is InChI=1S/C92H117ClN12O26S/c1-8-9-10-24-125-52-15-17-53(18-16-52)132(123,124)98-23-11-22-97-39-56-61(108)36-55-69(78(56)112)54-32-46(12-19-60(54)107)71-86(118)105-75(90(122)103-73(55)88(120)100-70-49-28-44-27-45(30-49)31-50(70)29-44)77(111)48-14-21-63(57(93)33-48)128-65-35-51-34-64(81(65)131-91-82(80(114)79(113)66(40-106)129-91)130-68-38-92(6,95)83(115)43(5)126-68)127-62-20-13-47(26-42(62)4)76(110)74(104-84(116)58(96-7)25-41(2)3)89(121)99-59(37-67(94)109)85(117)101-72(51)87(119)102-71/h12-21,26,32-36,41,43-45,49-50,58-59,66,68,70-77,79-80,82-83,91,96-98,106-108,110-115H,8-11,22-25,27-31,37-40,95H2,1-7H3,(H2,94,109)(H,99,121)(H,100,120)(H,101,117)(H,102,119)(H,103,122)(H,104,116)(H,105,118)/t43-,44?,45?,49?,50?,58+,59-,66+,68-,70?,71+,72+,73-,74+,75-,76+,77+,79+,80-,82+,83+,91-,92-/m0/s1. The number of amides is 8. The summed E-state index contributed by atoms with van der Waals surface area (Å²) in [4.78, 5) is 124. The number of aryl methyl sites for hydroxylation is 1. The molecule has 0 aromatic heterocycles. The molecule has 11 aliphatic rings. The van der Waals surface area contributed by atoms with Gasteiger partial charge in [0.25, 0.3) is 0 Å². The number of primary amides is 1. The van der Waals surface area contributed by atoms with Crippen LogP contribution in [0.1, 0.15) is 181 Å². The smallest absolute Gasteiger partial charge is 0.248 e. The number of hydrogen-bond acceptors (Lipinski definition) is 29. The fourth-order valence-corrected chi connectivity index (χ4v) is 20.6. The summed E-state index contributed by atoms with van der Waals surface area (Å²) in [5.41, 5.74) is 8.77. The first-order valence-electron chi connectivity index (χ1n) is 44.6. The van der Waals surface area contributed by atoms with Gasteiger partial charge in [0.05, 0.1) is 53.4 Å². The second-order valence-electron chi connectivity index (χ2n) is 36.4. The van der Waals surface area contributed by atoms with E-state index in [0.29, 0.717) is 24.2 Å². The first-order chi connectivity index (χ1) is 62.8. The highest BCUT2D eigenvalue weighted by molar-refractivity contribution is 7.89. The minimum absolute atomic E-state index is 0.00945. The lowest BCUT2D eigenvalue weighted by Gasteiger charge is -2.54. The Balaban J connectivity index is 0.923. The number of benzene rings is 6. The van der Waals surface area contributed by atoms with Gasteiger partial charge in [0.2, 0.25) is 69.3 Å². The van der Waals surface area contributed by atoms with Gasteiger partial charge in [-0.05, 0) is 228 Å². The number of nitrogens with one attached hydrogen (secondary N) is 10. The van der Waals surface area contributed by atoms with Crippen LogP contribution in [0.25, 0.3) is 11.1 Å². The van der Waals surface area contributed by atoms with Gasteiger partial charge in [0.1, 0.15) is 101 Å². The largest absolute Gasteiger partial charge is 0.507 e. The Hall–Kier alpha value is -10.6. The van der Waals surface area contributed by atoms with Gasteiger partial charge in [-0.1, -0.05) is 63.4 Å². The van der Waals surface area contributed by atoms with Crippen LogP contribution in [0.2, 0.25) is 5.02 Å². The number of unbranched alkanes of at least 4 members (excludes halogenated alkanes) is 2. The van der Waals surface area contributed by atoms with E-state index in [9.17, 15) is 64.0 Å². The minimum Gasteiger partial charge on any atom is -0.507 e. The van der Waals surface area contributed by atoms with Crippen LogP contribution in [0.4, 0.5) is 0 Å². The minimum atomic E-state index is -4.03. The van der Waals surface area contributed by atoms with Gasteiger partial charge in [-0.2, -0.15) is 0 Å². The first kappa shape index (κ1) is 97.4. The fraction of sp³-hybridized carbons (Fsp3) is 0.522. The molecule has 8 amide bonds. The fourth-order valence-electron chi connectivity index (χ4n) is 19.3. The van der Waals surface area contributed by atoms with Gasteiger partial charge in [0, 0.05) is 42.2 Å². The van der Waals surface area contributed by atoms with Crippen molar-refractivity contribution in [3.63, 3.8) is 0 Å². The molecule has 4 saturated carbocycles. The maximum atomic E-state index is 16.7. The van der Waals surface area contributed by atoms with Gasteiger partial charge >= 0.3 is 0 Å². The quantitative estimate of drug-likeness (QED) is 0.0327. The van der Waals surface area contributed by atoms with Crippen LogP contribution in [-0.2, 0) is 69.1 Å². The monoisotopic (exact) mass is 1870 g/mol. The second kappa shape index (κ2) is 41.1. The summed E-state index contributed by atoms with van der Waals surface area (Å²) >= 11 is 7.32. The summed E-state index contributed by atoms with van der Waals surface area (Å²) in [6, 6.07) is 5.77. The highest BCUT2D eigenvalue weighted by atomic mass is 35.5. The maximum Gasteiger partial charge on any atom is 0.248 e. The van der Waals surface area contributed by atoms with E-state index in [1.165, 1.54) is 70.3 Å². The number of ether oxygens (including phenoxy) is 7. The summed E-state index contributed by atoms with van der Waals surface area (Å²) in [5.74, 6) is -12.7. The van der Waals surface area contributed by atoms with Crippen LogP contribution < -0.4 is 83.0 Å². The lowest BCUT2D eigenvalue weighted by Crippen LogP contribution is -2.64. The molecule has 6 fully saturated rings. The summed E-state index contributed by atoms with van der Waals surface area (Å²) in [6.07, 6.45) is -11.3. The van der Waals surface area contributed by atoms with E-state index in [1.807, 2.05) is 13.8 Å². The molecule has 15 bridgehead atoms. The Kier molecular flexibility index (Phi) is 30.3. The Morgan fingerprint density at radius 2 is 1.35 bits per heavy atom. The number of likely N-dealkylation sites (N-methyl/N-ethyl adjacent to an activating group) is 1. The van der Waals surface area contributed by atoms with Crippen molar-refractivity contribution in [2.24, 2.45) is 41.1 Å². The number of fused-ring (bicyclic) bond motifs is 15. The van der Waals surface area contributed by atoms with Gasteiger partial charge in [0.15, 0.2) is 23.9 Å². The summed E-state index contributed by atoms with van der Waals surface area (Å²) in [6.45, 7) is 9.34. The first-order valence-corrected chi connectivity index (χ1v) is 46.5. The zero-order chi connectivity index (χ0) is 94.8. The highest BCUT2D eigenvalue weighted by Crippen LogP contribution is 2.55. The summed E-state index contributed by atoms with van der Waals surface area (Å²) < 4.78 is 74.7. The molecule has 6 aromatic rings. The van der Waals surface area contributed by atoms with Crippen LogP contribution in [-0.4, -0.2) is 220 Å². The van der Waals surface area contributed by atoms with Gasteiger partial charge in [-0.3, -0.25) is 38.4 Å². The van der Waals surface area contributed by atoms with E-state index in [0.717, 1.165) is 93.8 Å². The molecule has 0 spiro atoms. The molecule has 17 rings (SSSR count). The van der Waals surface area contributed by atoms with Crippen molar-refractivity contribution in [2.75, 3.05) is 33.4 Å². The third kappa shape index (κ3) is 21.4. The van der Waals surface area contributed by atoms with Crippen molar-refractivity contribution < 1.29 is 126 Å². The number of rotatable bonds is 27. The molecule has 7 aliphatic heterocycles. The van der Waals surface area contributed by atoms with E-state index >= 15 is 28.8 Å². The van der Waals surface area contributed by atoms with Gasteiger partial charge in [-0.15, -0.1) is 0 Å². The molecule has 38 nitrogen and oxygen atoms in total. The lowest BCUT2D eigenvalue weighted by molar-refractivity contribution is -0.333. The Morgan fingerprint density at radius 3 is 1.99 bits per heavy atom. The number of phenols is 3. The summed E-state index contributed by atoms with van der Waals surface area (Å²) in [5, 5.41) is 134. The zero-order valence-corrected chi connectivity index (χ0v) is 75.5. The number of phenolic OH excluding ortho intramolecular Hbond substituents is 3. The Labute approximate surface area is 767 Å². The average molecular weight is 1870 g/mol. The molecule has 23 N–H and O–H groups in total. The lowest BCUT2D eigenvalue weighted by atomic mass is 9.54. The van der Waals surface area contributed by atoms with Crippen LogP contribution in [0.5, 0.6) is 51.7 Å². The van der Waals surface area contributed by atoms with E-state index in [-0.39, 0.29) is 99.9 Å². The Bertz CT molecular complexity index is 5400. The molecule has 7 heterocycles. The SMILES string of the molecule is CCCCCOc1ccc(S(=O)(=O)NCCCNCc2c(O)cc3c(c2O)-c2cc(ccc2O)[C@H]2NC(=O)[C@@H]4NC(=O)[C@H](CC(N)=O)NC(=O)[C@H](NC(=O)[C@@H](CC(C)C)NC)[C@H](O)c5ccc(c(C)c5)Oc5cc4cc(c5O[C@@H]4O[C@H](CO)[C@@H](O)[C@H](O)[C@H]4O[C@H]4C[C@](C)(N)[C@H](O)[C@H](C)O4)Oc4ccc(cc4Cl)[C@@H](O)[C@H](NC2=O)C(=O)N[C@@H]3C(=O)NC2C3CC4CC(C3)CC2C4)cc1. The molecule has 4 aliphatic carbocycles. The molecule has 2 saturated heterocycles. The Morgan fingerprint density at radius 1 is 0.697 bits per heavy atom. The number of aliphatic hydroxyl groups excluding tert-OH is 6. The predicted octanol–water partition coefficient (Wildman–Crippen LogP) is 3.64. The van der Waals surface area contributed by atoms with Gasteiger partial charge in [-0.25, -0.2) is 13.1 Å². The molecule has 714 valence electrons. The molecule has 40 heteroatoms. The molecular weight excluding hydrogens is 1760 g/mol. The molecule has 0 radical (unpaired) electrons. The van der Waals surface area contributed by atoms with E-state index in [4.69, 9.17) is 56.2 Å².